The maximum absolute atomic E-state index is 7.51. The van der Waals surface area contributed by atoms with E-state index in [4.69, 9.17) is 20.6 Å². The molecule has 0 aromatic carbocycles. The number of amidine groups is 1. The summed E-state index contributed by atoms with van der Waals surface area (Å²) < 4.78 is 12.6. The van der Waals surface area contributed by atoms with Crippen LogP contribution in [0.15, 0.2) is 0 Å². The minimum Gasteiger partial charge on any atom is -0.475 e. The Labute approximate surface area is 108 Å². The molecule has 0 aliphatic heterocycles. The van der Waals surface area contributed by atoms with Gasteiger partial charge in [0.25, 0.3) is 0 Å². The fraction of sp³-hybridized carbons (Fsp3) is 0.667. The van der Waals surface area contributed by atoms with Crippen LogP contribution in [0, 0.1) is 12.3 Å². The molecule has 0 bridgehead atoms. The predicted octanol–water partition coefficient (Wildman–Crippen LogP) is 1.21. The Balaban J connectivity index is 2.49. The monoisotopic (exact) mass is 254 g/mol. The third kappa shape index (κ3) is 3.73. The van der Waals surface area contributed by atoms with Crippen molar-refractivity contribution >= 4 is 5.84 Å². The van der Waals surface area contributed by atoms with E-state index in [1.807, 2.05) is 0 Å². The lowest BCUT2D eigenvalue weighted by atomic mass is 10.2. The molecular formula is C12H22N4O2. The van der Waals surface area contributed by atoms with Crippen LogP contribution in [0.25, 0.3) is 0 Å². The third-order valence-corrected chi connectivity index (χ3v) is 2.55. The summed E-state index contributed by atoms with van der Waals surface area (Å²) in [7, 11) is 1.77. The molecule has 0 atom stereocenters. The average molecular weight is 254 g/mol. The summed E-state index contributed by atoms with van der Waals surface area (Å²) in [5, 5.41) is 11.7. The molecular weight excluding hydrogens is 232 g/mol. The highest BCUT2D eigenvalue weighted by molar-refractivity contribution is 5.98. The molecule has 0 aliphatic carbocycles. The normalized spacial score (nSPS) is 10.6. The summed E-state index contributed by atoms with van der Waals surface area (Å²) in [5.41, 5.74) is 6.78. The second-order valence-corrected chi connectivity index (χ2v) is 4.12. The summed E-state index contributed by atoms with van der Waals surface area (Å²) in [6.07, 6.45) is 2.18. The number of nitrogens with zero attached hydrogens (tertiary/aromatic N) is 2. The molecule has 0 fully saturated rings. The van der Waals surface area contributed by atoms with Gasteiger partial charge in [-0.15, -0.1) is 0 Å². The highest BCUT2D eigenvalue weighted by Crippen LogP contribution is 2.20. The Kier molecular flexibility index (Phi) is 5.64. The van der Waals surface area contributed by atoms with Gasteiger partial charge in [-0.05, 0) is 13.3 Å². The number of aromatic nitrogens is 2. The van der Waals surface area contributed by atoms with E-state index in [-0.39, 0.29) is 5.84 Å². The van der Waals surface area contributed by atoms with Crippen molar-refractivity contribution in [2.45, 2.75) is 26.7 Å². The zero-order valence-corrected chi connectivity index (χ0v) is 11.3. The van der Waals surface area contributed by atoms with Crippen LogP contribution in [0.4, 0.5) is 0 Å². The van der Waals surface area contributed by atoms with E-state index in [0.717, 1.165) is 19.4 Å². The third-order valence-electron chi connectivity index (χ3n) is 2.55. The molecule has 6 heteroatoms. The molecule has 1 aromatic heterocycles. The Bertz CT molecular complexity index is 401. The lowest BCUT2D eigenvalue weighted by Crippen LogP contribution is -2.16. The van der Waals surface area contributed by atoms with Crippen molar-refractivity contribution < 1.29 is 9.47 Å². The van der Waals surface area contributed by atoms with Gasteiger partial charge in [0.05, 0.1) is 12.3 Å². The lowest BCUT2D eigenvalue weighted by Gasteiger charge is -2.08. The SMILES string of the molecule is CCCCOCCOc1c(C(=N)N)c(C)nn1C. The highest BCUT2D eigenvalue weighted by atomic mass is 16.5. The quantitative estimate of drug-likeness (QED) is 0.415. The molecule has 3 N–H and O–H groups in total. The first-order valence-corrected chi connectivity index (χ1v) is 6.16. The van der Waals surface area contributed by atoms with E-state index in [9.17, 15) is 0 Å². The van der Waals surface area contributed by atoms with Crippen LogP contribution in [0.1, 0.15) is 31.0 Å². The molecule has 6 nitrogen and oxygen atoms in total. The fourth-order valence-electron chi connectivity index (χ4n) is 1.66. The second-order valence-electron chi connectivity index (χ2n) is 4.12. The molecule has 0 aliphatic rings. The number of aryl methyl sites for hydroxylation is 2. The number of nitrogens with two attached hydrogens (primary N) is 1. The number of hydrogen-bond acceptors (Lipinski definition) is 4. The van der Waals surface area contributed by atoms with E-state index in [1.54, 1.807) is 18.7 Å². The van der Waals surface area contributed by atoms with Gasteiger partial charge < -0.3 is 15.2 Å². The summed E-state index contributed by atoms with van der Waals surface area (Å²) in [6.45, 7) is 5.65. The van der Waals surface area contributed by atoms with Gasteiger partial charge in [-0.25, -0.2) is 4.68 Å². The largest absolute Gasteiger partial charge is 0.475 e. The van der Waals surface area contributed by atoms with Crippen molar-refractivity contribution in [3.63, 3.8) is 0 Å². The van der Waals surface area contributed by atoms with Crippen molar-refractivity contribution in [1.82, 2.24) is 9.78 Å². The van der Waals surface area contributed by atoms with Crippen LogP contribution >= 0.6 is 0 Å². The van der Waals surface area contributed by atoms with Crippen molar-refractivity contribution in [1.29, 1.82) is 5.41 Å². The van der Waals surface area contributed by atoms with Crippen molar-refractivity contribution in [3.05, 3.63) is 11.3 Å². The summed E-state index contributed by atoms with van der Waals surface area (Å²) >= 11 is 0. The molecule has 0 amide bonds. The minimum absolute atomic E-state index is 0.0255. The van der Waals surface area contributed by atoms with Gasteiger partial charge in [-0.2, -0.15) is 5.10 Å². The van der Waals surface area contributed by atoms with Crippen LogP contribution in [0.2, 0.25) is 0 Å². The highest BCUT2D eigenvalue weighted by Gasteiger charge is 2.16. The number of rotatable bonds is 8. The number of ether oxygens (including phenoxy) is 2. The fourth-order valence-corrected chi connectivity index (χ4v) is 1.66. The van der Waals surface area contributed by atoms with Gasteiger partial charge in [0, 0.05) is 13.7 Å². The van der Waals surface area contributed by atoms with Crippen molar-refractivity contribution in [2.24, 2.45) is 12.8 Å². The van der Waals surface area contributed by atoms with Crippen LogP contribution in [-0.4, -0.2) is 35.4 Å². The van der Waals surface area contributed by atoms with Crippen LogP contribution < -0.4 is 10.5 Å². The van der Waals surface area contributed by atoms with Gasteiger partial charge in [-0.1, -0.05) is 13.3 Å². The zero-order chi connectivity index (χ0) is 13.5. The van der Waals surface area contributed by atoms with Gasteiger partial charge in [0.15, 0.2) is 0 Å². The molecule has 0 spiro atoms. The molecule has 18 heavy (non-hydrogen) atoms. The maximum atomic E-state index is 7.51. The molecule has 0 saturated carbocycles. The maximum Gasteiger partial charge on any atom is 0.223 e. The summed E-state index contributed by atoms with van der Waals surface area (Å²) in [6, 6.07) is 0. The standard InChI is InChI=1S/C12H22N4O2/c1-4-5-6-17-7-8-18-12-10(11(13)14)9(2)15-16(12)3/h4-8H2,1-3H3,(H3,13,14). The molecule has 0 radical (unpaired) electrons. The topological polar surface area (TPSA) is 86.2 Å². The van der Waals surface area contributed by atoms with E-state index in [0.29, 0.717) is 30.4 Å². The first kappa shape index (κ1) is 14.5. The number of nitrogen functional groups attached to an aromatic ring is 1. The smallest absolute Gasteiger partial charge is 0.223 e. The summed E-state index contributed by atoms with van der Waals surface area (Å²) in [4.78, 5) is 0. The van der Waals surface area contributed by atoms with Crippen LogP contribution in [0.3, 0.4) is 0 Å². The Morgan fingerprint density at radius 1 is 1.39 bits per heavy atom. The molecule has 1 aromatic rings. The predicted molar refractivity (Wildman–Crippen MR) is 70.2 cm³/mol. The minimum atomic E-state index is -0.0255. The van der Waals surface area contributed by atoms with E-state index in [1.165, 1.54) is 0 Å². The molecule has 1 rings (SSSR count). The number of unbranched alkanes of at least 4 members (excludes halogenated alkanes) is 1. The second kappa shape index (κ2) is 7.00. The average Bonchev–Trinajstić information content (AvgIpc) is 2.58. The van der Waals surface area contributed by atoms with Crippen molar-refractivity contribution in [3.8, 4) is 5.88 Å². The van der Waals surface area contributed by atoms with Gasteiger partial charge in [0.1, 0.15) is 18.0 Å². The van der Waals surface area contributed by atoms with E-state index >= 15 is 0 Å². The van der Waals surface area contributed by atoms with E-state index < -0.39 is 0 Å². The zero-order valence-electron chi connectivity index (χ0n) is 11.3. The molecule has 0 saturated heterocycles. The molecule has 0 unspecified atom stereocenters. The van der Waals surface area contributed by atoms with Crippen LogP contribution in [0.5, 0.6) is 5.88 Å². The molecule has 1 heterocycles. The van der Waals surface area contributed by atoms with Gasteiger partial charge >= 0.3 is 0 Å². The Morgan fingerprint density at radius 3 is 2.72 bits per heavy atom. The first-order valence-electron chi connectivity index (χ1n) is 6.16. The lowest BCUT2D eigenvalue weighted by molar-refractivity contribution is 0.0949. The number of nitrogens with one attached hydrogen (secondary N) is 1. The van der Waals surface area contributed by atoms with Gasteiger partial charge in [0.2, 0.25) is 5.88 Å². The van der Waals surface area contributed by atoms with Crippen molar-refractivity contribution in [2.75, 3.05) is 19.8 Å². The Morgan fingerprint density at radius 2 is 2.11 bits per heavy atom. The van der Waals surface area contributed by atoms with Crippen LogP contribution in [-0.2, 0) is 11.8 Å². The van der Waals surface area contributed by atoms with E-state index in [2.05, 4.69) is 12.0 Å². The first-order chi connectivity index (χ1) is 8.57. The number of hydrogen-bond donors (Lipinski definition) is 2. The van der Waals surface area contributed by atoms with Gasteiger partial charge in [-0.3, -0.25) is 5.41 Å². The summed E-state index contributed by atoms with van der Waals surface area (Å²) in [5.74, 6) is 0.501. The molecule has 102 valence electrons. The Hall–Kier alpha value is -1.56.